The number of rotatable bonds is 8. The highest BCUT2D eigenvalue weighted by atomic mass is 32.1. The number of amides is 1. The first-order chi connectivity index (χ1) is 11.6. The Labute approximate surface area is 147 Å². The molecule has 1 aromatic rings. The van der Waals surface area contributed by atoms with Crippen LogP contribution in [0.1, 0.15) is 19.4 Å². The summed E-state index contributed by atoms with van der Waals surface area (Å²) in [6.45, 7) is 5.77. The third-order valence-corrected chi connectivity index (χ3v) is 3.68. The fraction of sp³-hybridized carbons (Fsp3) is 0.412. The van der Waals surface area contributed by atoms with E-state index < -0.39 is 0 Å². The quantitative estimate of drug-likeness (QED) is 0.573. The van der Waals surface area contributed by atoms with Gasteiger partial charge in [0.25, 0.3) is 5.91 Å². The number of hydrogen-bond donors (Lipinski definition) is 1. The van der Waals surface area contributed by atoms with E-state index in [9.17, 15) is 4.79 Å². The number of methoxy groups -OCH3 is 1. The molecule has 0 aromatic heterocycles. The summed E-state index contributed by atoms with van der Waals surface area (Å²) in [7, 11) is 1.59. The molecule has 0 atom stereocenters. The number of benzene rings is 1. The fourth-order valence-corrected chi connectivity index (χ4v) is 2.57. The summed E-state index contributed by atoms with van der Waals surface area (Å²) >= 11 is 5.20. The molecule has 0 saturated carbocycles. The van der Waals surface area contributed by atoms with E-state index in [1.54, 1.807) is 13.2 Å². The Morgan fingerprint density at radius 3 is 2.58 bits per heavy atom. The van der Waals surface area contributed by atoms with Crippen LogP contribution in [0.4, 0.5) is 0 Å². The predicted molar refractivity (Wildman–Crippen MR) is 96.1 cm³/mol. The van der Waals surface area contributed by atoms with Gasteiger partial charge in [-0.05, 0) is 49.8 Å². The maximum Gasteiger partial charge on any atom is 0.276 e. The lowest BCUT2D eigenvalue weighted by molar-refractivity contribution is -0.122. The molecule has 1 N–H and O–H groups in total. The summed E-state index contributed by atoms with van der Waals surface area (Å²) in [5.74, 6) is 1.17. The summed E-state index contributed by atoms with van der Waals surface area (Å²) < 4.78 is 16.1. The van der Waals surface area contributed by atoms with Crippen molar-refractivity contribution in [2.45, 2.75) is 13.8 Å². The van der Waals surface area contributed by atoms with Gasteiger partial charge in [0.15, 0.2) is 16.6 Å². The number of nitrogens with one attached hydrogen (secondary N) is 1. The minimum atomic E-state index is -0.163. The first kappa shape index (κ1) is 18.2. The van der Waals surface area contributed by atoms with Gasteiger partial charge in [-0.3, -0.25) is 9.69 Å². The molecule has 1 amide bonds. The van der Waals surface area contributed by atoms with Gasteiger partial charge in [-0.2, -0.15) is 0 Å². The Morgan fingerprint density at radius 2 is 1.92 bits per heavy atom. The number of thiocarbonyl (C=S) groups is 1. The standard InChI is InChI=1S/C17H22N2O4S/c1-4-22-14-7-6-12(11-15(14)23-5-2)10-13-16(20)19(8-9-21-3)17(24)18-13/h6-7,10-11H,4-5,8-9H2,1-3H3,(H,18,24)/b13-10-. The molecule has 1 aliphatic heterocycles. The van der Waals surface area contributed by atoms with Crippen molar-refractivity contribution >= 4 is 29.3 Å². The van der Waals surface area contributed by atoms with Crippen LogP contribution in [0.25, 0.3) is 6.08 Å². The molecule has 1 fully saturated rings. The topological polar surface area (TPSA) is 60.0 Å². The van der Waals surface area contributed by atoms with Gasteiger partial charge < -0.3 is 19.5 Å². The molecule has 0 unspecified atom stereocenters. The van der Waals surface area contributed by atoms with Crippen molar-refractivity contribution < 1.29 is 19.0 Å². The number of carbonyl (C=O) groups is 1. The highest BCUT2D eigenvalue weighted by Gasteiger charge is 2.30. The number of nitrogens with zero attached hydrogens (tertiary/aromatic N) is 1. The monoisotopic (exact) mass is 350 g/mol. The molecule has 130 valence electrons. The van der Waals surface area contributed by atoms with Crippen molar-refractivity contribution in [3.63, 3.8) is 0 Å². The SMILES string of the molecule is CCOc1ccc(/C=C2\NC(=S)N(CCOC)C2=O)cc1OCC. The van der Waals surface area contributed by atoms with Gasteiger partial charge in [0.1, 0.15) is 5.70 Å². The molecule has 0 aliphatic carbocycles. The van der Waals surface area contributed by atoms with Crippen LogP contribution in [0.15, 0.2) is 23.9 Å². The minimum absolute atomic E-state index is 0.163. The van der Waals surface area contributed by atoms with Crippen molar-refractivity contribution in [1.82, 2.24) is 10.2 Å². The zero-order valence-corrected chi connectivity index (χ0v) is 14.9. The normalized spacial score (nSPS) is 15.8. The molecule has 24 heavy (non-hydrogen) atoms. The first-order valence-electron chi connectivity index (χ1n) is 7.83. The van der Waals surface area contributed by atoms with Gasteiger partial charge in [-0.15, -0.1) is 0 Å². The Balaban J connectivity index is 2.23. The van der Waals surface area contributed by atoms with Gasteiger partial charge in [-0.25, -0.2) is 0 Å². The van der Waals surface area contributed by atoms with Crippen LogP contribution in [0.2, 0.25) is 0 Å². The van der Waals surface area contributed by atoms with Crippen LogP contribution in [0.5, 0.6) is 11.5 Å². The van der Waals surface area contributed by atoms with Crippen molar-refractivity contribution in [2.75, 3.05) is 33.5 Å². The molecule has 1 saturated heterocycles. The lowest BCUT2D eigenvalue weighted by Gasteiger charge is -2.12. The van der Waals surface area contributed by atoms with E-state index in [1.165, 1.54) is 4.90 Å². The molecule has 0 spiro atoms. The average Bonchev–Trinajstić information content (AvgIpc) is 2.82. The Morgan fingerprint density at radius 1 is 1.21 bits per heavy atom. The smallest absolute Gasteiger partial charge is 0.276 e. The number of ether oxygens (including phenoxy) is 3. The van der Waals surface area contributed by atoms with E-state index in [-0.39, 0.29) is 5.91 Å². The van der Waals surface area contributed by atoms with E-state index in [2.05, 4.69) is 5.32 Å². The van der Waals surface area contributed by atoms with Crippen molar-refractivity contribution in [3.8, 4) is 11.5 Å². The third kappa shape index (κ3) is 4.24. The van der Waals surface area contributed by atoms with Crippen molar-refractivity contribution in [2.24, 2.45) is 0 Å². The molecule has 6 nitrogen and oxygen atoms in total. The van der Waals surface area contributed by atoms with Crippen LogP contribution < -0.4 is 14.8 Å². The maximum absolute atomic E-state index is 12.4. The van der Waals surface area contributed by atoms with Gasteiger partial charge in [0.05, 0.1) is 26.4 Å². The number of carbonyl (C=O) groups excluding carboxylic acids is 1. The second-order valence-corrected chi connectivity index (χ2v) is 5.40. The summed E-state index contributed by atoms with van der Waals surface area (Å²) in [5, 5.41) is 3.33. The molecule has 7 heteroatoms. The Bertz CT molecular complexity index is 645. The highest BCUT2D eigenvalue weighted by molar-refractivity contribution is 7.80. The summed E-state index contributed by atoms with van der Waals surface area (Å²) in [6.07, 6.45) is 1.75. The molecule has 0 bridgehead atoms. The minimum Gasteiger partial charge on any atom is -0.490 e. The second-order valence-electron chi connectivity index (χ2n) is 5.01. The summed E-state index contributed by atoms with van der Waals surface area (Å²) in [6, 6.07) is 5.55. The Hall–Kier alpha value is -2.12. The average molecular weight is 350 g/mol. The van der Waals surface area contributed by atoms with E-state index in [4.69, 9.17) is 26.4 Å². The van der Waals surface area contributed by atoms with Crippen LogP contribution in [0.3, 0.4) is 0 Å². The van der Waals surface area contributed by atoms with Crippen LogP contribution in [0, 0.1) is 0 Å². The molecule has 2 rings (SSSR count). The molecule has 1 heterocycles. The van der Waals surface area contributed by atoms with Crippen LogP contribution in [-0.4, -0.2) is 49.4 Å². The highest BCUT2D eigenvalue weighted by Crippen LogP contribution is 2.29. The van der Waals surface area contributed by atoms with Crippen LogP contribution in [-0.2, 0) is 9.53 Å². The predicted octanol–water partition coefficient (Wildman–Crippen LogP) is 2.19. The van der Waals surface area contributed by atoms with Gasteiger partial charge in [0.2, 0.25) is 0 Å². The largest absolute Gasteiger partial charge is 0.490 e. The molecular weight excluding hydrogens is 328 g/mol. The molecular formula is C17H22N2O4S. The van der Waals surface area contributed by atoms with Crippen molar-refractivity contribution in [3.05, 3.63) is 29.5 Å². The Kier molecular flexibility index (Phi) is 6.57. The lowest BCUT2D eigenvalue weighted by Crippen LogP contribution is -2.33. The van der Waals surface area contributed by atoms with Gasteiger partial charge in [-0.1, -0.05) is 6.07 Å². The zero-order chi connectivity index (χ0) is 17.5. The third-order valence-electron chi connectivity index (χ3n) is 3.36. The maximum atomic E-state index is 12.4. The van der Waals surface area contributed by atoms with E-state index >= 15 is 0 Å². The molecule has 0 radical (unpaired) electrons. The fourth-order valence-electron chi connectivity index (χ4n) is 2.28. The second kappa shape index (κ2) is 8.65. The van der Waals surface area contributed by atoms with Gasteiger partial charge >= 0.3 is 0 Å². The van der Waals surface area contributed by atoms with E-state index in [0.717, 1.165) is 5.56 Å². The van der Waals surface area contributed by atoms with E-state index in [0.29, 0.717) is 48.7 Å². The van der Waals surface area contributed by atoms with Gasteiger partial charge in [0, 0.05) is 7.11 Å². The lowest BCUT2D eigenvalue weighted by atomic mass is 10.1. The number of hydrogen-bond acceptors (Lipinski definition) is 5. The van der Waals surface area contributed by atoms with Crippen LogP contribution >= 0.6 is 12.2 Å². The molecule has 1 aromatic carbocycles. The first-order valence-corrected chi connectivity index (χ1v) is 8.24. The van der Waals surface area contributed by atoms with Crippen molar-refractivity contribution in [1.29, 1.82) is 0 Å². The zero-order valence-electron chi connectivity index (χ0n) is 14.1. The summed E-state index contributed by atoms with van der Waals surface area (Å²) in [5.41, 5.74) is 1.26. The van der Waals surface area contributed by atoms with E-state index in [1.807, 2.05) is 32.0 Å². The summed E-state index contributed by atoms with van der Waals surface area (Å²) in [4.78, 5) is 13.9. The molecule has 1 aliphatic rings.